The number of rotatable bonds is 16. The van der Waals surface area contributed by atoms with Crippen molar-refractivity contribution in [1.82, 2.24) is 0 Å². The molecule has 0 saturated heterocycles. The zero-order valence-corrected chi connectivity index (χ0v) is 16.3. The van der Waals surface area contributed by atoms with Crippen LogP contribution in [0.5, 0.6) is 0 Å². The van der Waals surface area contributed by atoms with Gasteiger partial charge >= 0.3 is 0 Å². The summed E-state index contributed by atoms with van der Waals surface area (Å²) >= 11 is 5.35. The van der Waals surface area contributed by atoms with E-state index in [1.165, 1.54) is 83.5 Å². The van der Waals surface area contributed by atoms with Gasteiger partial charge in [-0.05, 0) is 38.4 Å². The Morgan fingerprint density at radius 1 is 0.727 bits per heavy atom. The molecule has 0 spiro atoms. The Kier molecular flexibility index (Phi) is 17.2. The van der Waals surface area contributed by atoms with Crippen molar-refractivity contribution in [2.75, 3.05) is 0 Å². The summed E-state index contributed by atoms with van der Waals surface area (Å²) in [6, 6.07) is 0. The summed E-state index contributed by atoms with van der Waals surface area (Å²) in [5.74, 6) is 0. The molecule has 0 radical (unpaired) electrons. The summed E-state index contributed by atoms with van der Waals surface area (Å²) in [7, 11) is 0. The molecule has 0 aliphatic heterocycles. The van der Waals surface area contributed by atoms with Crippen molar-refractivity contribution in [3.8, 4) is 0 Å². The zero-order valence-electron chi connectivity index (χ0n) is 15.5. The van der Waals surface area contributed by atoms with E-state index in [0.717, 1.165) is 17.9 Å². The Hall–Kier alpha value is -0.110. The normalized spacial score (nSPS) is 12.3. The van der Waals surface area contributed by atoms with Crippen LogP contribution in [0.3, 0.4) is 0 Å². The van der Waals surface area contributed by atoms with Gasteiger partial charge in [-0.25, -0.2) is 0 Å². The van der Waals surface area contributed by atoms with Crippen molar-refractivity contribution in [3.63, 3.8) is 0 Å². The van der Waals surface area contributed by atoms with E-state index < -0.39 is 0 Å². The van der Waals surface area contributed by atoms with Gasteiger partial charge in [0.1, 0.15) is 0 Å². The molecular weight excluding hydrogens is 288 g/mol. The van der Waals surface area contributed by atoms with Crippen molar-refractivity contribution in [1.29, 1.82) is 0 Å². The summed E-state index contributed by atoms with van der Waals surface area (Å²) in [6.45, 7) is 6.70. The third-order valence-corrected chi connectivity index (χ3v) is 4.58. The maximum absolute atomic E-state index is 5.85. The maximum Gasteiger partial charge on any atom is 0.160 e. The number of ether oxygens (including phenoxy) is 1. The van der Waals surface area contributed by atoms with Gasteiger partial charge in [0.2, 0.25) is 0 Å². The van der Waals surface area contributed by atoms with E-state index >= 15 is 0 Å². The van der Waals surface area contributed by atoms with Crippen LogP contribution in [-0.4, -0.2) is 11.2 Å². The summed E-state index contributed by atoms with van der Waals surface area (Å²) < 4.78 is 5.85. The lowest BCUT2D eigenvalue weighted by molar-refractivity contribution is 0.193. The van der Waals surface area contributed by atoms with Crippen LogP contribution in [0.4, 0.5) is 0 Å². The van der Waals surface area contributed by atoms with Crippen molar-refractivity contribution in [2.45, 2.75) is 123 Å². The van der Waals surface area contributed by atoms with Gasteiger partial charge in [0.05, 0.1) is 6.10 Å². The average Bonchev–Trinajstić information content (AvgIpc) is 2.49. The van der Waals surface area contributed by atoms with E-state index in [9.17, 15) is 0 Å². The van der Waals surface area contributed by atoms with Crippen LogP contribution in [0.25, 0.3) is 0 Å². The molecule has 0 aromatic heterocycles. The topological polar surface area (TPSA) is 9.23 Å². The molecule has 0 aromatic carbocycles. The molecule has 2 heteroatoms. The fourth-order valence-electron chi connectivity index (χ4n) is 2.78. The molecule has 0 amide bonds. The first kappa shape index (κ1) is 21.9. The highest BCUT2D eigenvalue weighted by Gasteiger charge is 2.06. The predicted molar refractivity (Wildman–Crippen MR) is 104 cm³/mol. The van der Waals surface area contributed by atoms with Crippen molar-refractivity contribution < 1.29 is 4.74 Å². The van der Waals surface area contributed by atoms with E-state index in [2.05, 4.69) is 20.8 Å². The van der Waals surface area contributed by atoms with Crippen LogP contribution >= 0.6 is 12.2 Å². The van der Waals surface area contributed by atoms with Crippen LogP contribution in [0, 0.1) is 0 Å². The van der Waals surface area contributed by atoms with Gasteiger partial charge in [-0.2, -0.15) is 0 Å². The molecule has 132 valence electrons. The number of thiocarbonyl (C=S) groups is 1. The van der Waals surface area contributed by atoms with Crippen LogP contribution in [0.1, 0.15) is 117 Å². The van der Waals surface area contributed by atoms with Crippen molar-refractivity contribution in [3.05, 3.63) is 0 Å². The smallest absolute Gasteiger partial charge is 0.160 e. The molecule has 1 atom stereocenters. The number of hydrogen-bond donors (Lipinski definition) is 0. The quantitative estimate of drug-likeness (QED) is 0.213. The van der Waals surface area contributed by atoms with Gasteiger partial charge in [0.15, 0.2) is 5.05 Å². The SMILES string of the molecule is CCCCCCCCCCC(C)OC(=S)CCCCCCC. The minimum atomic E-state index is 0.309. The molecule has 0 rings (SSSR count). The Labute approximate surface area is 145 Å². The molecule has 0 fully saturated rings. The average molecular weight is 329 g/mol. The molecule has 0 aromatic rings. The molecule has 0 heterocycles. The molecule has 22 heavy (non-hydrogen) atoms. The third-order valence-electron chi connectivity index (χ3n) is 4.28. The molecule has 1 nitrogen and oxygen atoms in total. The van der Waals surface area contributed by atoms with Gasteiger partial charge < -0.3 is 4.74 Å². The van der Waals surface area contributed by atoms with Gasteiger partial charge in [-0.15, -0.1) is 0 Å². The molecule has 0 aliphatic carbocycles. The molecule has 0 N–H and O–H groups in total. The van der Waals surface area contributed by atoms with Gasteiger partial charge in [0.25, 0.3) is 0 Å². The Morgan fingerprint density at radius 2 is 1.18 bits per heavy atom. The van der Waals surface area contributed by atoms with Crippen LogP contribution in [0.15, 0.2) is 0 Å². The fourth-order valence-corrected chi connectivity index (χ4v) is 3.09. The highest BCUT2D eigenvalue weighted by Crippen LogP contribution is 2.13. The number of hydrogen-bond acceptors (Lipinski definition) is 2. The van der Waals surface area contributed by atoms with Crippen molar-refractivity contribution >= 4 is 17.3 Å². The van der Waals surface area contributed by atoms with Crippen LogP contribution in [0.2, 0.25) is 0 Å². The second-order valence-electron chi connectivity index (χ2n) is 6.73. The van der Waals surface area contributed by atoms with Crippen LogP contribution < -0.4 is 0 Å². The van der Waals surface area contributed by atoms with Gasteiger partial charge in [0, 0.05) is 6.42 Å². The lowest BCUT2D eigenvalue weighted by Gasteiger charge is -2.15. The van der Waals surface area contributed by atoms with E-state index in [4.69, 9.17) is 17.0 Å². The summed E-state index contributed by atoms with van der Waals surface area (Å²) in [4.78, 5) is 0. The summed E-state index contributed by atoms with van der Waals surface area (Å²) in [6.07, 6.45) is 19.9. The van der Waals surface area contributed by atoms with Gasteiger partial charge in [-0.3, -0.25) is 0 Å². The predicted octanol–water partition coefficient (Wildman–Crippen LogP) is 7.61. The first-order chi connectivity index (χ1) is 10.7. The lowest BCUT2D eigenvalue weighted by atomic mass is 10.1. The Balaban J connectivity index is 3.33. The largest absolute Gasteiger partial charge is 0.484 e. The Morgan fingerprint density at radius 3 is 1.73 bits per heavy atom. The Bertz CT molecular complexity index is 240. The molecule has 0 aliphatic rings. The van der Waals surface area contributed by atoms with Gasteiger partial charge in [-0.1, -0.05) is 84.5 Å². The fraction of sp³-hybridized carbons (Fsp3) is 0.950. The lowest BCUT2D eigenvalue weighted by Crippen LogP contribution is -2.13. The molecule has 0 saturated carbocycles. The summed E-state index contributed by atoms with van der Waals surface area (Å²) in [5.41, 5.74) is 0. The highest BCUT2D eigenvalue weighted by atomic mass is 32.1. The minimum absolute atomic E-state index is 0.309. The standard InChI is InChI=1S/C20H40OS/c1-4-6-8-10-11-12-14-15-17-19(3)21-20(22)18-16-13-9-7-5-2/h19H,4-18H2,1-3H3. The second kappa shape index (κ2) is 17.2. The third kappa shape index (κ3) is 16.3. The van der Waals surface area contributed by atoms with Crippen LogP contribution in [-0.2, 0) is 4.74 Å². The van der Waals surface area contributed by atoms with Crippen molar-refractivity contribution in [2.24, 2.45) is 0 Å². The minimum Gasteiger partial charge on any atom is -0.484 e. The molecular formula is C20H40OS. The van der Waals surface area contributed by atoms with E-state index in [-0.39, 0.29) is 0 Å². The monoisotopic (exact) mass is 328 g/mol. The zero-order chi connectivity index (χ0) is 16.5. The van der Waals surface area contributed by atoms with E-state index in [0.29, 0.717) is 6.10 Å². The molecule has 1 unspecified atom stereocenters. The highest BCUT2D eigenvalue weighted by molar-refractivity contribution is 7.80. The number of unbranched alkanes of at least 4 members (excludes halogenated alkanes) is 11. The van der Waals surface area contributed by atoms with E-state index in [1.807, 2.05) is 0 Å². The van der Waals surface area contributed by atoms with E-state index in [1.54, 1.807) is 0 Å². The first-order valence-electron chi connectivity index (χ1n) is 9.90. The first-order valence-corrected chi connectivity index (χ1v) is 10.3. The second-order valence-corrected chi connectivity index (χ2v) is 7.18. The summed E-state index contributed by atoms with van der Waals surface area (Å²) in [5, 5.41) is 0.837. The molecule has 0 bridgehead atoms. The maximum atomic E-state index is 5.85.